The molecular weight excluding hydrogens is 266 g/mol. The fraction of sp³-hybridized carbons (Fsp3) is 0.385. The lowest BCUT2D eigenvalue weighted by molar-refractivity contribution is 0.345. The molecular formula is C13H17NO4S. The number of methoxy groups -OCH3 is 2. The van der Waals surface area contributed by atoms with Crippen molar-refractivity contribution in [1.29, 1.82) is 0 Å². The summed E-state index contributed by atoms with van der Waals surface area (Å²) in [7, 11) is 0.674. The maximum Gasteiger partial charge on any atom is 0.247 e. The number of nitrogens with zero attached hydrogens (tertiary/aromatic N) is 1. The molecule has 0 fully saturated rings. The molecule has 0 atom stereocenters. The molecule has 0 saturated carbocycles. The molecule has 0 saturated heterocycles. The van der Waals surface area contributed by atoms with Gasteiger partial charge in [0.25, 0.3) is 0 Å². The predicted molar refractivity (Wildman–Crippen MR) is 72.8 cm³/mol. The first-order chi connectivity index (χ1) is 8.98. The second-order valence-corrected chi connectivity index (χ2v) is 5.69. The minimum absolute atomic E-state index is 0.0646. The minimum atomic E-state index is -3.66. The molecule has 0 unspecified atom stereocenters. The van der Waals surface area contributed by atoms with E-state index in [1.165, 1.54) is 31.6 Å². The maximum atomic E-state index is 12.4. The Kier molecular flexibility index (Phi) is 5.21. The highest BCUT2D eigenvalue weighted by atomic mass is 32.2. The van der Waals surface area contributed by atoms with Gasteiger partial charge in [0.05, 0.1) is 20.8 Å². The summed E-state index contributed by atoms with van der Waals surface area (Å²) in [4.78, 5) is 0.0646. The normalized spacial score (nSPS) is 10.8. The van der Waals surface area contributed by atoms with Gasteiger partial charge in [-0.3, -0.25) is 0 Å². The molecule has 6 heteroatoms. The number of sulfonamides is 1. The van der Waals surface area contributed by atoms with E-state index in [2.05, 4.69) is 11.8 Å². The lowest BCUT2D eigenvalue weighted by Crippen LogP contribution is -2.27. The monoisotopic (exact) mass is 283 g/mol. The number of hydrogen-bond donors (Lipinski definition) is 0. The first-order valence-electron chi connectivity index (χ1n) is 5.56. The van der Waals surface area contributed by atoms with Crippen molar-refractivity contribution in [3.8, 4) is 23.3 Å². The second kappa shape index (κ2) is 6.45. The zero-order chi connectivity index (χ0) is 14.5. The lowest BCUT2D eigenvalue weighted by Gasteiger charge is -2.17. The Morgan fingerprint density at radius 1 is 1.26 bits per heavy atom. The van der Waals surface area contributed by atoms with E-state index in [1.54, 1.807) is 19.1 Å². The van der Waals surface area contributed by atoms with E-state index in [-0.39, 0.29) is 17.2 Å². The van der Waals surface area contributed by atoms with Crippen LogP contribution in [0.2, 0.25) is 0 Å². The highest BCUT2D eigenvalue weighted by Gasteiger charge is 2.26. The molecule has 0 bridgehead atoms. The maximum absolute atomic E-state index is 12.4. The van der Waals surface area contributed by atoms with E-state index >= 15 is 0 Å². The highest BCUT2D eigenvalue weighted by Crippen LogP contribution is 2.34. The number of ether oxygens (including phenoxy) is 2. The predicted octanol–water partition coefficient (Wildman–Crippen LogP) is 1.35. The summed E-state index contributed by atoms with van der Waals surface area (Å²) in [6.07, 6.45) is 0. The van der Waals surface area contributed by atoms with Crippen molar-refractivity contribution in [3.63, 3.8) is 0 Å². The summed E-state index contributed by atoms with van der Waals surface area (Å²) in [6, 6.07) is 4.73. The first-order valence-corrected chi connectivity index (χ1v) is 7.00. The average molecular weight is 283 g/mol. The summed E-state index contributed by atoms with van der Waals surface area (Å²) < 4.78 is 36.2. The summed E-state index contributed by atoms with van der Waals surface area (Å²) in [5.74, 6) is 5.95. The molecule has 104 valence electrons. The van der Waals surface area contributed by atoms with Gasteiger partial charge in [0.1, 0.15) is 4.90 Å². The van der Waals surface area contributed by atoms with E-state index in [1.807, 2.05) is 0 Å². The van der Waals surface area contributed by atoms with Gasteiger partial charge in [-0.05, 0) is 19.1 Å². The third-order valence-corrected chi connectivity index (χ3v) is 4.36. The van der Waals surface area contributed by atoms with Crippen LogP contribution in [0.25, 0.3) is 0 Å². The van der Waals surface area contributed by atoms with Gasteiger partial charge in [-0.2, -0.15) is 4.31 Å². The van der Waals surface area contributed by atoms with Crippen molar-refractivity contribution in [1.82, 2.24) is 4.31 Å². The van der Waals surface area contributed by atoms with Crippen LogP contribution in [0.5, 0.6) is 11.5 Å². The molecule has 0 aliphatic rings. The van der Waals surface area contributed by atoms with Crippen LogP contribution in [0.15, 0.2) is 23.1 Å². The van der Waals surface area contributed by atoms with Crippen molar-refractivity contribution >= 4 is 10.0 Å². The number of benzene rings is 1. The molecule has 5 nitrogen and oxygen atoms in total. The molecule has 0 aliphatic heterocycles. The molecule has 1 aromatic rings. The Balaban J connectivity index is 3.31. The van der Waals surface area contributed by atoms with Gasteiger partial charge in [-0.25, -0.2) is 8.42 Å². The Bertz CT molecular complexity index is 599. The quantitative estimate of drug-likeness (QED) is 0.765. The van der Waals surface area contributed by atoms with Gasteiger partial charge < -0.3 is 9.47 Å². The second-order valence-electron chi connectivity index (χ2n) is 3.68. The molecule has 0 heterocycles. The molecule has 0 aromatic heterocycles. The van der Waals surface area contributed by atoms with Gasteiger partial charge in [0.2, 0.25) is 10.0 Å². The summed E-state index contributed by atoms with van der Waals surface area (Å²) >= 11 is 0. The number of para-hydroxylation sites is 1. The Hall–Kier alpha value is -1.71. The summed E-state index contributed by atoms with van der Waals surface area (Å²) in [5.41, 5.74) is 0. The van der Waals surface area contributed by atoms with Crippen LogP contribution in [0.3, 0.4) is 0 Å². The third kappa shape index (κ3) is 3.19. The van der Waals surface area contributed by atoms with Crippen LogP contribution in [0.4, 0.5) is 0 Å². The van der Waals surface area contributed by atoms with E-state index in [9.17, 15) is 8.42 Å². The van der Waals surface area contributed by atoms with Gasteiger partial charge in [0, 0.05) is 7.05 Å². The summed E-state index contributed by atoms with van der Waals surface area (Å²) in [6.45, 7) is 1.78. The molecule has 0 spiro atoms. The Morgan fingerprint density at radius 2 is 1.95 bits per heavy atom. The fourth-order valence-corrected chi connectivity index (χ4v) is 2.74. The molecule has 0 radical (unpaired) electrons. The van der Waals surface area contributed by atoms with Gasteiger partial charge >= 0.3 is 0 Å². The van der Waals surface area contributed by atoms with Crippen molar-refractivity contribution in [2.45, 2.75) is 11.8 Å². The van der Waals surface area contributed by atoms with Crippen LogP contribution in [0.1, 0.15) is 6.92 Å². The molecule has 19 heavy (non-hydrogen) atoms. The van der Waals surface area contributed by atoms with Crippen molar-refractivity contribution in [3.05, 3.63) is 18.2 Å². The standard InChI is InChI=1S/C13H17NO4S/c1-5-6-10-14(2)19(15,16)12-9-7-8-11(17-3)13(12)18-4/h7-9H,10H2,1-4H3. The zero-order valence-electron chi connectivity index (χ0n) is 11.4. The SMILES string of the molecule is CC#CCN(C)S(=O)(=O)c1cccc(OC)c1OC. The Labute approximate surface area is 114 Å². The molecule has 1 aromatic carbocycles. The summed E-state index contributed by atoms with van der Waals surface area (Å²) in [5, 5.41) is 0. The number of rotatable bonds is 5. The van der Waals surface area contributed by atoms with Crippen LogP contribution in [-0.2, 0) is 10.0 Å². The van der Waals surface area contributed by atoms with Gasteiger partial charge in [-0.1, -0.05) is 12.0 Å². The van der Waals surface area contributed by atoms with Crippen LogP contribution >= 0.6 is 0 Å². The fourth-order valence-electron chi connectivity index (χ4n) is 1.50. The van der Waals surface area contributed by atoms with Crippen LogP contribution < -0.4 is 9.47 Å². The van der Waals surface area contributed by atoms with E-state index in [4.69, 9.17) is 9.47 Å². The molecule has 0 amide bonds. The van der Waals surface area contributed by atoms with Crippen LogP contribution in [-0.4, -0.2) is 40.5 Å². The van der Waals surface area contributed by atoms with Gasteiger partial charge in [0.15, 0.2) is 11.5 Å². The smallest absolute Gasteiger partial charge is 0.247 e. The molecule has 1 rings (SSSR count). The van der Waals surface area contributed by atoms with Crippen LogP contribution in [0, 0.1) is 11.8 Å². The lowest BCUT2D eigenvalue weighted by atomic mass is 10.3. The van der Waals surface area contributed by atoms with Crippen molar-refractivity contribution in [2.75, 3.05) is 27.8 Å². The van der Waals surface area contributed by atoms with Gasteiger partial charge in [-0.15, -0.1) is 5.92 Å². The minimum Gasteiger partial charge on any atom is -0.493 e. The molecule has 0 N–H and O–H groups in total. The zero-order valence-corrected chi connectivity index (χ0v) is 12.2. The van der Waals surface area contributed by atoms with E-state index in [0.29, 0.717) is 5.75 Å². The van der Waals surface area contributed by atoms with Crippen molar-refractivity contribution in [2.24, 2.45) is 0 Å². The highest BCUT2D eigenvalue weighted by molar-refractivity contribution is 7.89. The first kappa shape index (κ1) is 15.3. The topological polar surface area (TPSA) is 55.8 Å². The Morgan fingerprint density at radius 3 is 2.47 bits per heavy atom. The molecule has 0 aliphatic carbocycles. The van der Waals surface area contributed by atoms with E-state index < -0.39 is 10.0 Å². The average Bonchev–Trinajstić information content (AvgIpc) is 2.43. The third-order valence-electron chi connectivity index (χ3n) is 2.53. The number of hydrogen-bond acceptors (Lipinski definition) is 4. The van der Waals surface area contributed by atoms with E-state index in [0.717, 1.165) is 0 Å². The largest absolute Gasteiger partial charge is 0.493 e. The van der Waals surface area contributed by atoms with Crippen molar-refractivity contribution < 1.29 is 17.9 Å².